The summed E-state index contributed by atoms with van der Waals surface area (Å²) in [6.07, 6.45) is 4.16. The van der Waals surface area contributed by atoms with E-state index in [1.54, 1.807) is 0 Å². The first-order chi connectivity index (χ1) is 7.90. The van der Waals surface area contributed by atoms with Crippen LogP contribution >= 0.6 is 0 Å². The van der Waals surface area contributed by atoms with Crippen molar-refractivity contribution in [1.29, 1.82) is 0 Å². The monoisotopic (exact) mass is 220 g/mol. The summed E-state index contributed by atoms with van der Waals surface area (Å²) < 4.78 is 11.4. The van der Waals surface area contributed by atoms with Gasteiger partial charge in [0.1, 0.15) is 11.5 Å². The van der Waals surface area contributed by atoms with Crippen LogP contribution in [-0.2, 0) is 12.8 Å². The van der Waals surface area contributed by atoms with Crippen molar-refractivity contribution in [2.24, 2.45) is 5.84 Å². The second kappa shape index (κ2) is 3.87. The standard InChI is InChI=1S/C12H16N2O2/c13-14-11-9-4-2-5-15-10(9)7-8-3-1-6-16-12(8)11/h7,14H,1-6,13H2. The summed E-state index contributed by atoms with van der Waals surface area (Å²) in [6.45, 7) is 1.58. The van der Waals surface area contributed by atoms with Gasteiger partial charge in [0.2, 0.25) is 0 Å². The van der Waals surface area contributed by atoms with Crippen LogP contribution in [0.3, 0.4) is 0 Å². The minimum atomic E-state index is 0.779. The Morgan fingerprint density at radius 1 is 1.12 bits per heavy atom. The molecule has 1 aromatic rings. The van der Waals surface area contributed by atoms with Crippen LogP contribution in [0.25, 0.3) is 0 Å². The third-order valence-corrected chi connectivity index (χ3v) is 3.23. The van der Waals surface area contributed by atoms with Crippen LogP contribution < -0.4 is 20.7 Å². The summed E-state index contributed by atoms with van der Waals surface area (Å²) in [5, 5.41) is 0. The number of nitrogens with one attached hydrogen (secondary N) is 1. The maximum Gasteiger partial charge on any atom is 0.147 e. The maximum absolute atomic E-state index is 5.71. The van der Waals surface area contributed by atoms with E-state index in [1.807, 2.05) is 0 Å². The van der Waals surface area contributed by atoms with Crippen molar-refractivity contribution in [1.82, 2.24) is 0 Å². The summed E-state index contributed by atoms with van der Waals surface area (Å²) in [7, 11) is 0. The number of fused-ring (bicyclic) bond motifs is 2. The van der Waals surface area contributed by atoms with Gasteiger partial charge in [0.25, 0.3) is 0 Å². The Balaban J connectivity index is 2.16. The van der Waals surface area contributed by atoms with E-state index in [0.29, 0.717) is 0 Å². The molecule has 0 aliphatic carbocycles. The van der Waals surface area contributed by atoms with Crippen molar-refractivity contribution >= 4 is 5.69 Å². The first kappa shape index (κ1) is 9.78. The lowest BCUT2D eigenvalue weighted by molar-refractivity contribution is 0.274. The molecule has 0 saturated heterocycles. The van der Waals surface area contributed by atoms with Gasteiger partial charge in [0.15, 0.2) is 0 Å². The first-order valence-electron chi connectivity index (χ1n) is 5.81. The Hall–Kier alpha value is -1.42. The van der Waals surface area contributed by atoms with E-state index in [-0.39, 0.29) is 0 Å². The number of nitrogens with two attached hydrogens (primary N) is 1. The Morgan fingerprint density at radius 2 is 1.94 bits per heavy atom. The summed E-state index contributed by atoms with van der Waals surface area (Å²) in [4.78, 5) is 0. The molecule has 4 nitrogen and oxygen atoms in total. The maximum atomic E-state index is 5.71. The first-order valence-corrected chi connectivity index (χ1v) is 5.81. The SMILES string of the molecule is NNc1c2c(cc3c1OCCC3)OCCC2. The van der Waals surface area contributed by atoms with E-state index in [0.717, 1.165) is 61.6 Å². The second-order valence-corrected chi connectivity index (χ2v) is 4.26. The minimum Gasteiger partial charge on any atom is -0.493 e. The lowest BCUT2D eigenvalue weighted by Crippen LogP contribution is -2.19. The summed E-state index contributed by atoms with van der Waals surface area (Å²) in [5.41, 5.74) is 6.07. The van der Waals surface area contributed by atoms with Gasteiger partial charge in [-0.05, 0) is 31.7 Å². The molecular weight excluding hydrogens is 204 g/mol. The number of hydrazine groups is 1. The molecule has 4 heteroatoms. The molecule has 1 aromatic carbocycles. The van der Waals surface area contributed by atoms with Gasteiger partial charge >= 0.3 is 0 Å². The molecule has 86 valence electrons. The molecule has 0 amide bonds. The van der Waals surface area contributed by atoms with E-state index < -0.39 is 0 Å². The molecule has 0 bridgehead atoms. The third-order valence-electron chi connectivity index (χ3n) is 3.23. The highest BCUT2D eigenvalue weighted by Gasteiger charge is 2.23. The van der Waals surface area contributed by atoms with Gasteiger partial charge in [-0.3, -0.25) is 5.84 Å². The number of rotatable bonds is 1. The number of hydrogen-bond donors (Lipinski definition) is 2. The van der Waals surface area contributed by atoms with E-state index >= 15 is 0 Å². The highest BCUT2D eigenvalue weighted by atomic mass is 16.5. The summed E-state index contributed by atoms with van der Waals surface area (Å²) in [5.74, 6) is 7.52. The molecule has 0 atom stereocenters. The van der Waals surface area contributed by atoms with Crippen LogP contribution in [0.2, 0.25) is 0 Å². The van der Waals surface area contributed by atoms with Crippen molar-refractivity contribution in [2.45, 2.75) is 25.7 Å². The van der Waals surface area contributed by atoms with Gasteiger partial charge in [-0.1, -0.05) is 0 Å². The fourth-order valence-electron chi connectivity index (χ4n) is 2.48. The summed E-state index contributed by atoms with van der Waals surface area (Å²) in [6, 6.07) is 2.11. The zero-order chi connectivity index (χ0) is 11.0. The zero-order valence-corrected chi connectivity index (χ0v) is 9.21. The van der Waals surface area contributed by atoms with Crippen molar-refractivity contribution in [3.05, 3.63) is 17.2 Å². The quantitative estimate of drug-likeness (QED) is 0.558. The van der Waals surface area contributed by atoms with Crippen molar-refractivity contribution in [3.8, 4) is 11.5 Å². The zero-order valence-electron chi connectivity index (χ0n) is 9.21. The third kappa shape index (κ3) is 1.41. The molecule has 16 heavy (non-hydrogen) atoms. The fraction of sp³-hybridized carbons (Fsp3) is 0.500. The Morgan fingerprint density at radius 3 is 2.81 bits per heavy atom. The Kier molecular flexibility index (Phi) is 2.36. The largest absolute Gasteiger partial charge is 0.493 e. The number of hydrogen-bond acceptors (Lipinski definition) is 4. The molecule has 3 N–H and O–H groups in total. The molecular formula is C12H16N2O2. The van der Waals surface area contributed by atoms with Crippen molar-refractivity contribution < 1.29 is 9.47 Å². The molecule has 3 rings (SSSR count). The van der Waals surface area contributed by atoms with Gasteiger partial charge in [0, 0.05) is 11.1 Å². The van der Waals surface area contributed by atoms with Gasteiger partial charge < -0.3 is 14.9 Å². The predicted octanol–water partition coefficient (Wildman–Crippen LogP) is 1.62. The van der Waals surface area contributed by atoms with Gasteiger partial charge in [-0.25, -0.2) is 0 Å². The minimum absolute atomic E-state index is 0.779. The lowest BCUT2D eigenvalue weighted by atomic mass is 9.97. The van der Waals surface area contributed by atoms with Crippen LogP contribution in [0.1, 0.15) is 24.0 Å². The Bertz CT molecular complexity index is 384. The van der Waals surface area contributed by atoms with E-state index in [4.69, 9.17) is 15.3 Å². The van der Waals surface area contributed by atoms with E-state index in [1.165, 1.54) is 5.56 Å². The molecule has 2 aliphatic heterocycles. The lowest BCUT2D eigenvalue weighted by Gasteiger charge is -2.26. The van der Waals surface area contributed by atoms with Crippen molar-refractivity contribution in [3.63, 3.8) is 0 Å². The normalized spacial score (nSPS) is 17.8. The molecule has 0 radical (unpaired) electrons. The Labute approximate surface area is 94.7 Å². The number of ether oxygens (including phenoxy) is 2. The van der Waals surface area contributed by atoms with Gasteiger partial charge in [0.05, 0.1) is 18.9 Å². The highest BCUT2D eigenvalue weighted by Crippen LogP contribution is 2.42. The smallest absolute Gasteiger partial charge is 0.147 e. The topological polar surface area (TPSA) is 56.5 Å². The average molecular weight is 220 g/mol. The van der Waals surface area contributed by atoms with Gasteiger partial charge in [-0.15, -0.1) is 0 Å². The number of anilines is 1. The molecule has 0 spiro atoms. The van der Waals surface area contributed by atoms with Crippen molar-refractivity contribution in [2.75, 3.05) is 18.6 Å². The molecule has 0 aromatic heterocycles. The molecule has 0 saturated carbocycles. The van der Waals surface area contributed by atoms with Crippen LogP contribution in [-0.4, -0.2) is 13.2 Å². The van der Waals surface area contributed by atoms with E-state index in [2.05, 4.69) is 11.5 Å². The number of benzene rings is 1. The van der Waals surface area contributed by atoms with Crippen LogP contribution in [0.5, 0.6) is 11.5 Å². The second-order valence-electron chi connectivity index (χ2n) is 4.26. The molecule has 2 aliphatic rings. The predicted molar refractivity (Wildman–Crippen MR) is 61.9 cm³/mol. The molecule has 0 unspecified atom stereocenters. The van der Waals surface area contributed by atoms with E-state index in [9.17, 15) is 0 Å². The highest BCUT2D eigenvalue weighted by molar-refractivity contribution is 5.70. The van der Waals surface area contributed by atoms with Gasteiger partial charge in [-0.2, -0.15) is 0 Å². The van der Waals surface area contributed by atoms with Crippen LogP contribution in [0.15, 0.2) is 6.07 Å². The van der Waals surface area contributed by atoms with Crippen LogP contribution in [0.4, 0.5) is 5.69 Å². The summed E-state index contributed by atoms with van der Waals surface area (Å²) >= 11 is 0. The van der Waals surface area contributed by atoms with Crippen LogP contribution in [0, 0.1) is 0 Å². The number of aryl methyl sites for hydroxylation is 1. The molecule has 2 heterocycles. The number of nitrogen functional groups attached to an aromatic ring is 1. The average Bonchev–Trinajstić information content (AvgIpc) is 2.36. The molecule has 0 fully saturated rings. The fourth-order valence-corrected chi connectivity index (χ4v) is 2.48.